The van der Waals surface area contributed by atoms with Gasteiger partial charge in [0.15, 0.2) is 5.16 Å². The minimum absolute atomic E-state index is 0.0271. The summed E-state index contributed by atoms with van der Waals surface area (Å²) in [6.45, 7) is 2.84. The highest BCUT2D eigenvalue weighted by atomic mass is 32.2. The van der Waals surface area contributed by atoms with Gasteiger partial charge in [0.25, 0.3) is 0 Å². The van der Waals surface area contributed by atoms with Crippen LogP contribution in [-0.4, -0.2) is 28.2 Å². The predicted octanol–water partition coefficient (Wildman–Crippen LogP) is 1.04. The molecule has 0 aliphatic carbocycles. The number of aromatic nitrogens is 2. The van der Waals surface area contributed by atoms with Gasteiger partial charge in [0.1, 0.15) is 11.6 Å². The summed E-state index contributed by atoms with van der Waals surface area (Å²) < 4.78 is 0. The molecule has 6 nitrogen and oxygen atoms in total. The van der Waals surface area contributed by atoms with E-state index in [9.17, 15) is 4.79 Å². The Bertz CT molecular complexity index is 379. The van der Waals surface area contributed by atoms with Crippen LogP contribution in [0.3, 0.4) is 0 Å². The summed E-state index contributed by atoms with van der Waals surface area (Å²) in [6, 6.07) is 1.48. The van der Waals surface area contributed by atoms with Crippen LogP contribution in [0.5, 0.6) is 0 Å². The number of nitrogens with one attached hydrogen (secondary N) is 1. The van der Waals surface area contributed by atoms with E-state index in [1.807, 2.05) is 0 Å². The molecule has 1 heterocycles. The molecule has 0 saturated heterocycles. The van der Waals surface area contributed by atoms with E-state index in [-0.39, 0.29) is 11.7 Å². The fourth-order valence-corrected chi connectivity index (χ4v) is 2.01. The van der Waals surface area contributed by atoms with Gasteiger partial charge < -0.3 is 16.8 Å². The minimum Gasteiger partial charge on any atom is -0.383 e. The molecule has 1 aromatic heterocycles. The lowest BCUT2D eigenvalue weighted by Gasteiger charge is -2.04. The molecular weight excluding hydrogens is 250 g/mol. The molecule has 1 aromatic rings. The first-order chi connectivity index (χ1) is 8.61. The monoisotopic (exact) mass is 269 g/mol. The zero-order chi connectivity index (χ0) is 13.4. The number of carbonyl (C=O) groups is 1. The lowest BCUT2D eigenvalue weighted by molar-refractivity contribution is -0.118. The van der Waals surface area contributed by atoms with Crippen LogP contribution in [0.4, 0.5) is 11.6 Å². The van der Waals surface area contributed by atoms with Crippen molar-refractivity contribution >= 4 is 29.3 Å². The number of nitrogen functional groups attached to an aromatic ring is 2. The largest absolute Gasteiger partial charge is 0.383 e. The van der Waals surface area contributed by atoms with Crippen molar-refractivity contribution in [2.75, 3.05) is 23.8 Å². The van der Waals surface area contributed by atoms with E-state index in [2.05, 4.69) is 22.2 Å². The van der Waals surface area contributed by atoms with E-state index in [0.29, 0.717) is 23.3 Å². The third-order valence-corrected chi connectivity index (χ3v) is 3.03. The van der Waals surface area contributed by atoms with Crippen molar-refractivity contribution in [1.82, 2.24) is 15.3 Å². The van der Waals surface area contributed by atoms with Gasteiger partial charge in [-0.05, 0) is 6.42 Å². The van der Waals surface area contributed by atoms with Gasteiger partial charge in [-0.25, -0.2) is 9.97 Å². The van der Waals surface area contributed by atoms with Crippen molar-refractivity contribution < 1.29 is 4.79 Å². The van der Waals surface area contributed by atoms with Crippen LogP contribution in [0.1, 0.15) is 26.2 Å². The number of hydrogen-bond acceptors (Lipinski definition) is 6. The molecule has 0 aliphatic heterocycles. The average Bonchev–Trinajstić information content (AvgIpc) is 2.31. The Morgan fingerprint density at radius 1 is 1.33 bits per heavy atom. The standard InChI is InChI=1S/C11H19N5OS/c1-2-3-4-5-14-10(17)7-18-11-15-8(12)6-9(13)16-11/h6H,2-5,7H2,1H3,(H,14,17)(H4,12,13,15,16). The molecule has 1 amide bonds. The maximum atomic E-state index is 11.5. The van der Waals surface area contributed by atoms with Gasteiger partial charge in [0.05, 0.1) is 5.75 Å². The molecule has 0 radical (unpaired) electrons. The van der Waals surface area contributed by atoms with Crippen LogP contribution in [0.2, 0.25) is 0 Å². The van der Waals surface area contributed by atoms with Crippen molar-refractivity contribution in [2.45, 2.75) is 31.3 Å². The van der Waals surface area contributed by atoms with Crippen molar-refractivity contribution in [3.8, 4) is 0 Å². The molecule has 0 bridgehead atoms. The highest BCUT2D eigenvalue weighted by Gasteiger charge is 2.05. The van der Waals surface area contributed by atoms with E-state index in [1.54, 1.807) is 0 Å². The van der Waals surface area contributed by atoms with E-state index in [0.717, 1.165) is 19.3 Å². The van der Waals surface area contributed by atoms with Gasteiger partial charge in [-0.3, -0.25) is 4.79 Å². The van der Waals surface area contributed by atoms with Gasteiger partial charge >= 0.3 is 0 Å². The Balaban J connectivity index is 2.29. The zero-order valence-electron chi connectivity index (χ0n) is 10.5. The Labute approximate surface area is 111 Å². The molecule has 0 spiro atoms. The highest BCUT2D eigenvalue weighted by molar-refractivity contribution is 7.99. The second-order valence-electron chi connectivity index (χ2n) is 3.85. The molecule has 0 atom stereocenters. The number of carbonyl (C=O) groups excluding carboxylic acids is 1. The number of hydrogen-bond donors (Lipinski definition) is 3. The molecule has 0 aliphatic rings. The molecule has 5 N–H and O–H groups in total. The number of thioether (sulfide) groups is 1. The number of rotatable bonds is 7. The summed E-state index contributed by atoms with van der Waals surface area (Å²) in [5.74, 6) is 0.872. The van der Waals surface area contributed by atoms with Crippen LogP contribution in [0.15, 0.2) is 11.2 Å². The molecule has 100 valence electrons. The van der Waals surface area contributed by atoms with E-state index < -0.39 is 0 Å². The Morgan fingerprint density at radius 2 is 2.00 bits per heavy atom. The van der Waals surface area contributed by atoms with Crippen LogP contribution >= 0.6 is 11.8 Å². The van der Waals surface area contributed by atoms with Gasteiger partial charge in [-0.1, -0.05) is 31.5 Å². The molecule has 0 fully saturated rings. The van der Waals surface area contributed by atoms with Gasteiger partial charge in [-0.15, -0.1) is 0 Å². The van der Waals surface area contributed by atoms with Gasteiger partial charge in [0, 0.05) is 12.6 Å². The topological polar surface area (TPSA) is 107 Å². The summed E-state index contributed by atoms with van der Waals surface area (Å²) >= 11 is 1.23. The molecule has 1 rings (SSSR count). The maximum Gasteiger partial charge on any atom is 0.230 e. The summed E-state index contributed by atoms with van der Waals surface area (Å²) in [5, 5.41) is 3.27. The van der Waals surface area contributed by atoms with Crippen molar-refractivity contribution in [3.05, 3.63) is 6.07 Å². The number of nitrogens with zero attached hydrogens (tertiary/aromatic N) is 2. The number of anilines is 2. The molecule has 18 heavy (non-hydrogen) atoms. The smallest absolute Gasteiger partial charge is 0.230 e. The SMILES string of the molecule is CCCCCNC(=O)CSc1nc(N)cc(N)n1. The summed E-state index contributed by atoms with van der Waals surface area (Å²) in [6.07, 6.45) is 3.28. The van der Waals surface area contributed by atoms with E-state index >= 15 is 0 Å². The second kappa shape index (κ2) is 7.75. The Morgan fingerprint density at radius 3 is 2.61 bits per heavy atom. The first-order valence-corrected chi connectivity index (χ1v) is 6.90. The zero-order valence-corrected chi connectivity index (χ0v) is 11.3. The molecule has 7 heteroatoms. The fourth-order valence-electron chi connectivity index (χ4n) is 1.31. The summed E-state index contributed by atoms with van der Waals surface area (Å²) in [5.41, 5.74) is 11.1. The molecule has 0 aromatic carbocycles. The van der Waals surface area contributed by atoms with Crippen molar-refractivity contribution in [3.63, 3.8) is 0 Å². The lowest BCUT2D eigenvalue weighted by atomic mass is 10.2. The molecule has 0 saturated carbocycles. The predicted molar refractivity (Wildman–Crippen MR) is 74.1 cm³/mol. The number of amides is 1. The molecule has 0 unspecified atom stereocenters. The number of unbranched alkanes of at least 4 members (excludes halogenated alkanes) is 2. The maximum absolute atomic E-state index is 11.5. The van der Waals surface area contributed by atoms with Crippen LogP contribution in [-0.2, 0) is 4.79 Å². The third kappa shape index (κ3) is 5.72. The fraction of sp³-hybridized carbons (Fsp3) is 0.545. The van der Waals surface area contributed by atoms with Crippen LogP contribution in [0, 0.1) is 0 Å². The third-order valence-electron chi connectivity index (χ3n) is 2.18. The lowest BCUT2D eigenvalue weighted by Crippen LogP contribution is -2.26. The van der Waals surface area contributed by atoms with Crippen LogP contribution in [0.25, 0.3) is 0 Å². The normalized spacial score (nSPS) is 10.3. The average molecular weight is 269 g/mol. The first kappa shape index (κ1) is 14.6. The Hall–Kier alpha value is -1.50. The van der Waals surface area contributed by atoms with Gasteiger partial charge in [0.2, 0.25) is 5.91 Å². The highest BCUT2D eigenvalue weighted by Crippen LogP contribution is 2.15. The van der Waals surface area contributed by atoms with Gasteiger partial charge in [-0.2, -0.15) is 0 Å². The summed E-state index contributed by atoms with van der Waals surface area (Å²) in [7, 11) is 0. The molecular formula is C11H19N5OS. The number of nitrogens with two attached hydrogens (primary N) is 2. The second-order valence-corrected chi connectivity index (χ2v) is 4.79. The summed E-state index contributed by atoms with van der Waals surface area (Å²) in [4.78, 5) is 19.5. The van der Waals surface area contributed by atoms with E-state index in [4.69, 9.17) is 11.5 Å². The van der Waals surface area contributed by atoms with E-state index in [1.165, 1.54) is 17.8 Å². The van der Waals surface area contributed by atoms with Crippen molar-refractivity contribution in [1.29, 1.82) is 0 Å². The first-order valence-electron chi connectivity index (χ1n) is 5.91. The quantitative estimate of drug-likeness (QED) is 0.388. The minimum atomic E-state index is -0.0271. The Kier molecular flexibility index (Phi) is 6.27. The van der Waals surface area contributed by atoms with Crippen molar-refractivity contribution in [2.24, 2.45) is 0 Å². The van der Waals surface area contributed by atoms with Crippen LogP contribution < -0.4 is 16.8 Å².